The number of nitrogens with two attached hydrogens (primary N) is 1. The normalized spacial score (nSPS) is 28.9. The first-order chi connectivity index (χ1) is 22.7. The molecule has 8 N–H and O–H groups in total. The number of benzene rings is 1. The summed E-state index contributed by atoms with van der Waals surface area (Å²) in [4.78, 5) is 74.6. The van der Waals surface area contributed by atoms with Crippen LogP contribution in [0.4, 0.5) is 0 Å². The fraction of sp³-hybridized carbons (Fsp3) is 0.444. The number of nitrogens with one attached hydrogen (secondary N) is 2. The van der Waals surface area contributed by atoms with Crippen molar-refractivity contribution in [3.8, 4) is 0 Å². The molecule has 0 aliphatic carbocycles. The van der Waals surface area contributed by atoms with Crippen molar-refractivity contribution in [1.29, 1.82) is 0 Å². The van der Waals surface area contributed by atoms with E-state index in [1.165, 1.54) is 0 Å². The number of ether oxygens (including phenoxy) is 3. The number of aromatic nitrogens is 4. The smallest absolute Gasteiger partial charge is 0.462 e. The fourth-order valence-electron chi connectivity index (χ4n) is 5.14. The molecule has 1 unspecified atom stereocenters. The van der Waals surface area contributed by atoms with Gasteiger partial charge in [-0.25, -0.2) is 14.2 Å². The molecule has 0 spiro atoms. The first-order valence-corrected chi connectivity index (χ1v) is 15.8. The molecule has 2 aromatic heterocycles. The Kier molecular flexibility index (Phi) is 10.7. The summed E-state index contributed by atoms with van der Waals surface area (Å²) in [5.74, 6) is -0.883. The van der Waals surface area contributed by atoms with Gasteiger partial charge >= 0.3 is 25.2 Å². The summed E-state index contributed by atoms with van der Waals surface area (Å²) in [5.41, 5.74) is 3.27. The Bertz CT molecular complexity index is 1880. The molecule has 5 rings (SSSR count). The van der Waals surface area contributed by atoms with Crippen LogP contribution in [0.25, 0.3) is 0 Å². The van der Waals surface area contributed by atoms with E-state index in [0.29, 0.717) is 0 Å². The van der Waals surface area contributed by atoms with Crippen molar-refractivity contribution in [1.82, 2.24) is 19.1 Å². The standard InChI is InChI=1S/C27H32N5O15P/c28-14(10-13-4-2-1-3-5-13)25(38)43-11-16-22(21(37)24(46-16)32-9-7-18(34)30-27(32)40)47-48(41,42)44-12-15-19(35)20(36)23(45-15)31-8-6-17(33)29-26(31)39/h1-9,14-16,19-24,35-37H,10-12,28H2,(H,41,42)(H,29,33,39)(H,30,34,40)/t14-,15+,16+,19+,20+,21+,22+,23+,24+/m0/s1. The van der Waals surface area contributed by atoms with Gasteiger partial charge in [0.2, 0.25) is 0 Å². The Hall–Kier alpha value is -4.08. The van der Waals surface area contributed by atoms with E-state index in [1.54, 1.807) is 30.3 Å². The summed E-state index contributed by atoms with van der Waals surface area (Å²) in [7, 11) is -5.21. The number of hydrogen-bond donors (Lipinski definition) is 7. The topological polar surface area (TPSA) is 297 Å². The number of carbonyl (C=O) groups excluding carboxylic acids is 1. The summed E-state index contributed by atoms with van der Waals surface area (Å²) < 4.78 is 41.2. The molecular weight excluding hydrogens is 665 g/mol. The van der Waals surface area contributed by atoms with E-state index in [4.69, 9.17) is 29.0 Å². The van der Waals surface area contributed by atoms with Gasteiger partial charge in [-0.3, -0.25) is 42.5 Å². The fourth-order valence-corrected chi connectivity index (χ4v) is 6.10. The molecule has 2 aliphatic rings. The van der Waals surface area contributed by atoms with Crippen LogP contribution in [0.5, 0.6) is 0 Å². The third kappa shape index (κ3) is 7.96. The number of phosphoric ester groups is 1. The lowest BCUT2D eigenvalue weighted by Crippen LogP contribution is -2.40. The number of hydrogen-bond acceptors (Lipinski definition) is 15. The van der Waals surface area contributed by atoms with Crippen LogP contribution in [0.1, 0.15) is 18.0 Å². The van der Waals surface area contributed by atoms with Crippen LogP contribution in [0.15, 0.2) is 74.0 Å². The van der Waals surface area contributed by atoms with Gasteiger partial charge in [-0.2, -0.15) is 0 Å². The molecule has 48 heavy (non-hydrogen) atoms. The van der Waals surface area contributed by atoms with Crippen LogP contribution >= 0.6 is 7.82 Å². The van der Waals surface area contributed by atoms with Gasteiger partial charge in [0, 0.05) is 24.5 Å². The number of aromatic amines is 2. The van der Waals surface area contributed by atoms with E-state index in [2.05, 4.69) is 0 Å². The quantitative estimate of drug-likeness (QED) is 0.0716. The number of esters is 1. The Morgan fingerprint density at radius 2 is 1.42 bits per heavy atom. The molecular formula is C27H32N5O15P. The van der Waals surface area contributed by atoms with E-state index >= 15 is 0 Å². The Morgan fingerprint density at radius 3 is 2.00 bits per heavy atom. The Labute approximate surface area is 268 Å². The van der Waals surface area contributed by atoms with E-state index in [-0.39, 0.29) is 6.42 Å². The van der Waals surface area contributed by atoms with Crippen LogP contribution in [0.2, 0.25) is 0 Å². The van der Waals surface area contributed by atoms with Gasteiger partial charge in [0.25, 0.3) is 11.1 Å². The number of rotatable bonds is 12. The molecule has 3 aromatic rings. The predicted octanol–water partition coefficient (Wildman–Crippen LogP) is -3.42. The first-order valence-electron chi connectivity index (χ1n) is 14.3. The summed E-state index contributed by atoms with van der Waals surface area (Å²) in [6.45, 7) is -1.56. The molecule has 0 radical (unpaired) electrons. The second-order valence-electron chi connectivity index (χ2n) is 10.9. The molecule has 0 saturated carbocycles. The van der Waals surface area contributed by atoms with Crippen molar-refractivity contribution in [2.24, 2.45) is 5.73 Å². The second kappa shape index (κ2) is 14.6. The maximum absolute atomic E-state index is 13.1. The summed E-state index contributed by atoms with van der Waals surface area (Å²) in [6.07, 6.45) is -11.1. The lowest BCUT2D eigenvalue weighted by Gasteiger charge is -2.24. The third-order valence-corrected chi connectivity index (χ3v) is 8.53. The van der Waals surface area contributed by atoms with Gasteiger partial charge in [-0.05, 0) is 12.0 Å². The average Bonchev–Trinajstić information content (AvgIpc) is 3.49. The van der Waals surface area contributed by atoms with Gasteiger partial charge < -0.3 is 40.2 Å². The minimum atomic E-state index is -5.21. The molecule has 2 fully saturated rings. The van der Waals surface area contributed by atoms with Crippen LogP contribution in [-0.4, -0.2) is 101 Å². The zero-order chi connectivity index (χ0) is 34.7. The number of phosphoric acid groups is 1. The second-order valence-corrected chi connectivity index (χ2v) is 12.3. The first kappa shape index (κ1) is 35.2. The molecule has 260 valence electrons. The zero-order valence-corrected chi connectivity index (χ0v) is 25.6. The zero-order valence-electron chi connectivity index (χ0n) is 24.7. The minimum absolute atomic E-state index is 0.115. The Balaban J connectivity index is 1.28. The van der Waals surface area contributed by atoms with E-state index in [1.807, 2.05) is 9.97 Å². The van der Waals surface area contributed by atoms with Crippen LogP contribution in [0.3, 0.4) is 0 Å². The van der Waals surface area contributed by atoms with Gasteiger partial charge in [0.05, 0.1) is 6.61 Å². The van der Waals surface area contributed by atoms with Gasteiger partial charge in [-0.1, -0.05) is 30.3 Å². The highest BCUT2D eigenvalue weighted by molar-refractivity contribution is 7.47. The number of nitrogens with zero attached hydrogens (tertiary/aromatic N) is 2. The largest absolute Gasteiger partial charge is 0.472 e. The monoisotopic (exact) mass is 697 g/mol. The number of aliphatic hydroxyl groups excluding tert-OH is 3. The molecule has 0 bridgehead atoms. The number of H-pyrrole nitrogens is 2. The van der Waals surface area contributed by atoms with Crippen molar-refractivity contribution in [2.75, 3.05) is 13.2 Å². The third-order valence-electron chi connectivity index (χ3n) is 7.55. The minimum Gasteiger partial charge on any atom is -0.462 e. The summed E-state index contributed by atoms with van der Waals surface area (Å²) >= 11 is 0. The van der Waals surface area contributed by atoms with Crippen molar-refractivity contribution in [3.63, 3.8) is 0 Å². The molecule has 10 atom stereocenters. The van der Waals surface area contributed by atoms with Crippen molar-refractivity contribution in [2.45, 2.75) is 61.5 Å². The van der Waals surface area contributed by atoms with Crippen molar-refractivity contribution in [3.05, 3.63) is 102 Å². The predicted molar refractivity (Wildman–Crippen MR) is 158 cm³/mol. The molecule has 21 heteroatoms. The van der Waals surface area contributed by atoms with E-state index in [0.717, 1.165) is 39.2 Å². The summed E-state index contributed by atoms with van der Waals surface area (Å²) in [5, 5.41) is 31.9. The molecule has 20 nitrogen and oxygen atoms in total. The Morgan fingerprint density at radius 1 is 0.854 bits per heavy atom. The highest BCUT2D eigenvalue weighted by atomic mass is 31.2. The maximum Gasteiger partial charge on any atom is 0.472 e. The highest BCUT2D eigenvalue weighted by Crippen LogP contribution is 2.49. The highest BCUT2D eigenvalue weighted by Gasteiger charge is 2.51. The molecule has 4 heterocycles. The van der Waals surface area contributed by atoms with E-state index in [9.17, 15) is 48.8 Å². The van der Waals surface area contributed by atoms with Crippen molar-refractivity contribution >= 4 is 13.8 Å². The number of aliphatic hydroxyl groups is 3. The van der Waals surface area contributed by atoms with Gasteiger partial charge in [-0.15, -0.1) is 0 Å². The van der Waals surface area contributed by atoms with Crippen LogP contribution in [0, 0.1) is 0 Å². The van der Waals surface area contributed by atoms with Crippen LogP contribution in [-0.2, 0) is 39.0 Å². The molecule has 2 aliphatic heterocycles. The lowest BCUT2D eigenvalue weighted by atomic mass is 10.1. The SMILES string of the molecule is N[C@@H](Cc1ccccc1)C(=O)OC[C@H]1O[C@@H](n2ccc(=O)[nH]c2=O)[C@H](O)[C@@H]1OP(=O)(O)OC[C@H]1O[C@@H](n2ccc(=O)[nH]c2=O)[C@H](O)[C@@H]1O. The van der Waals surface area contributed by atoms with E-state index < -0.39 is 105 Å². The molecule has 2 saturated heterocycles. The molecule has 0 amide bonds. The summed E-state index contributed by atoms with van der Waals surface area (Å²) in [6, 6.07) is 9.60. The van der Waals surface area contributed by atoms with Gasteiger partial charge in [0.1, 0.15) is 49.3 Å². The number of carbonyl (C=O) groups is 1. The average molecular weight is 698 g/mol. The van der Waals surface area contributed by atoms with Gasteiger partial charge in [0.15, 0.2) is 12.5 Å². The maximum atomic E-state index is 13.1. The van der Waals surface area contributed by atoms with Crippen molar-refractivity contribution < 1.29 is 52.8 Å². The van der Waals surface area contributed by atoms with Crippen LogP contribution < -0.4 is 28.2 Å². The lowest BCUT2D eigenvalue weighted by molar-refractivity contribution is -0.151. The molecule has 1 aromatic carbocycles.